The zero-order valence-electron chi connectivity index (χ0n) is 10.7. The van der Waals surface area contributed by atoms with Gasteiger partial charge in [-0.05, 0) is 0 Å². The van der Waals surface area contributed by atoms with Gasteiger partial charge in [0.1, 0.15) is 29.3 Å². The van der Waals surface area contributed by atoms with Gasteiger partial charge in [-0.2, -0.15) is 0 Å². The molecule has 0 unspecified atom stereocenters. The predicted molar refractivity (Wildman–Crippen MR) is 73.2 cm³/mol. The summed E-state index contributed by atoms with van der Waals surface area (Å²) in [5, 5.41) is 11.2. The van der Waals surface area contributed by atoms with Crippen LogP contribution in [0.5, 0.6) is 11.5 Å². The first-order valence-corrected chi connectivity index (χ1v) is 6.76. The Labute approximate surface area is 123 Å². The molecule has 0 heterocycles. The van der Waals surface area contributed by atoms with Crippen LogP contribution in [-0.2, 0) is 18.3 Å². The van der Waals surface area contributed by atoms with E-state index in [-0.39, 0.29) is 5.75 Å². The fourth-order valence-corrected chi connectivity index (χ4v) is 2.11. The lowest BCUT2D eigenvalue weighted by molar-refractivity contribution is -0.432. The number of ether oxygens (including phenoxy) is 2. The molecule has 0 saturated heterocycles. The Morgan fingerprint density at radius 2 is 2.00 bits per heavy atom. The minimum Gasteiger partial charge on any atom is -0.495 e. The van der Waals surface area contributed by atoms with Crippen LogP contribution < -0.4 is 15.2 Å². The van der Waals surface area contributed by atoms with E-state index in [2.05, 4.69) is 9.37 Å². The monoisotopic (exact) mass is 323 g/mol. The molecule has 0 saturated carbocycles. The van der Waals surface area contributed by atoms with Gasteiger partial charge in [-0.25, -0.2) is 5.26 Å². The van der Waals surface area contributed by atoms with Crippen LogP contribution in [0.3, 0.4) is 0 Å². The van der Waals surface area contributed by atoms with E-state index in [4.69, 9.17) is 24.6 Å². The Balaban J connectivity index is 2.64. The maximum atomic E-state index is 11.3. The second-order valence-electron chi connectivity index (χ2n) is 3.19. The molecule has 10 heteroatoms. The molecule has 0 radical (unpaired) electrons. The van der Waals surface area contributed by atoms with Crippen LogP contribution in [0.4, 0.5) is 5.69 Å². The van der Waals surface area contributed by atoms with E-state index >= 15 is 0 Å². The van der Waals surface area contributed by atoms with E-state index in [1.54, 1.807) is 12.1 Å². The van der Waals surface area contributed by atoms with Crippen LogP contribution in [0.2, 0.25) is 0 Å². The third kappa shape index (κ3) is 4.98. The van der Waals surface area contributed by atoms with Gasteiger partial charge in [0.2, 0.25) is 0 Å². The second-order valence-corrected chi connectivity index (χ2v) is 4.62. The number of carbonyl (C=O) groups is 1. The van der Waals surface area contributed by atoms with Gasteiger partial charge in [0, 0.05) is 24.2 Å². The lowest BCUT2D eigenvalue weighted by atomic mass is 10.3. The van der Waals surface area contributed by atoms with Crippen LogP contribution in [0.15, 0.2) is 17.0 Å². The lowest BCUT2D eigenvalue weighted by Crippen LogP contribution is -2.03. The number of rotatable bonds is 8. The Morgan fingerprint density at radius 3 is 2.60 bits per heavy atom. The molecule has 0 aliphatic heterocycles. The maximum absolute atomic E-state index is 11.3. The number of nitrogens with two attached hydrogens (primary N) is 1. The van der Waals surface area contributed by atoms with Crippen LogP contribution in [-0.4, -0.2) is 31.2 Å². The largest absolute Gasteiger partial charge is 0.495 e. The molecule has 1 rings (SSSR count). The topological polar surface area (TPSA) is 109 Å². The minimum absolute atomic E-state index is 0.165. The Bertz CT molecular complexity index is 457. The van der Waals surface area contributed by atoms with E-state index in [0.717, 1.165) is 12.0 Å². The van der Waals surface area contributed by atoms with Crippen molar-refractivity contribution in [1.82, 2.24) is 0 Å². The van der Waals surface area contributed by atoms with Gasteiger partial charge in [-0.1, -0.05) is 5.04 Å². The van der Waals surface area contributed by atoms with Crippen LogP contribution in [0, 0.1) is 0 Å². The Kier molecular flexibility index (Phi) is 7.33. The normalized spacial score (nSPS) is 10.2. The van der Waals surface area contributed by atoms with Crippen molar-refractivity contribution in [2.24, 2.45) is 0 Å². The minimum atomic E-state index is -0.588. The molecule has 0 aliphatic carbocycles. The average molecular weight is 323 g/mol. The highest BCUT2D eigenvalue weighted by Gasteiger charge is 2.13. The van der Waals surface area contributed by atoms with Crippen molar-refractivity contribution in [1.29, 1.82) is 0 Å². The van der Waals surface area contributed by atoms with Gasteiger partial charge in [0.25, 0.3) is 0 Å². The highest BCUT2D eigenvalue weighted by atomic mass is 32.2. The molecule has 112 valence electrons. The lowest BCUT2D eigenvalue weighted by Gasteiger charge is -2.11. The summed E-state index contributed by atoms with van der Waals surface area (Å²) in [7, 11) is 2.94. The molecule has 1 aromatic carbocycles. The van der Waals surface area contributed by atoms with E-state index in [1.165, 1.54) is 14.2 Å². The molecule has 8 nitrogen and oxygen atoms in total. The van der Waals surface area contributed by atoms with E-state index < -0.39 is 5.97 Å². The SMILES string of the molecule is COc1cc(SOC(=O)CSOOO)c(OC)cc1N. The molecule has 3 N–H and O–H groups in total. The first-order chi connectivity index (χ1) is 9.62. The van der Waals surface area contributed by atoms with Gasteiger partial charge < -0.3 is 19.4 Å². The number of nitrogen functional groups attached to an aromatic ring is 1. The summed E-state index contributed by atoms with van der Waals surface area (Å²) in [6.07, 6.45) is 0. The van der Waals surface area contributed by atoms with Gasteiger partial charge >= 0.3 is 5.97 Å². The molecule has 20 heavy (non-hydrogen) atoms. The van der Waals surface area contributed by atoms with Gasteiger partial charge in [-0.3, -0.25) is 4.79 Å². The molecule has 0 aromatic heterocycles. The molecule has 0 fully saturated rings. The van der Waals surface area contributed by atoms with Crippen molar-refractivity contribution in [2.75, 3.05) is 25.7 Å². The molecule has 0 atom stereocenters. The molecule has 1 aromatic rings. The molecule has 0 aliphatic rings. The first-order valence-electron chi connectivity index (χ1n) is 5.11. The van der Waals surface area contributed by atoms with Gasteiger partial charge in [0.15, 0.2) is 0 Å². The fraction of sp³-hybridized carbons (Fsp3) is 0.300. The number of carbonyl (C=O) groups excluding carboxylic acids is 1. The van der Waals surface area contributed by atoms with E-state index in [0.29, 0.717) is 34.1 Å². The molecule has 0 spiro atoms. The van der Waals surface area contributed by atoms with Crippen molar-refractivity contribution < 1.29 is 33.1 Å². The standard InChI is InChI=1S/C10H13NO7S2/c1-14-7-4-9(8(15-2)3-6(7)11)20-16-10(12)5-19-18-17-13/h3-4,13H,5,11H2,1-2H3. The Morgan fingerprint density at radius 1 is 1.30 bits per heavy atom. The molecule has 0 amide bonds. The summed E-state index contributed by atoms with van der Waals surface area (Å²) in [5.41, 5.74) is 6.14. The number of hydrogen-bond acceptors (Lipinski definition) is 10. The zero-order valence-corrected chi connectivity index (χ0v) is 12.3. The zero-order chi connectivity index (χ0) is 15.0. The van der Waals surface area contributed by atoms with E-state index in [9.17, 15) is 4.79 Å². The highest BCUT2D eigenvalue weighted by molar-refractivity contribution is 7.96. The van der Waals surface area contributed by atoms with Crippen molar-refractivity contribution in [2.45, 2.75) is 4.90 Å². The predicted octanol–water partition coefficient (Wildman–Crippen LogP) is 1.91. The average Bonchev–Trinajstić information content (AvgIpc) is 2.45. The summed E-state index contributed by atoms with van der Waals surface area (Å²) in [4.78, 5) is 11.9. The number of anilines is 1. The third-order valence-corrected chi connectivity index (χ3v) is 3.27. The van der Waals surface area contributed by atoms with E-state index in [1.807, 2.05) is 0 Å². The molecular weight excluding hydrogens is 310 g/mol. The molecule has 0 bridgehead atoms. The summed E-state index contributed by atoms with van der Waals surface area (Å²) in [5.74, 6) is 0.136. The summed E-state index contributed by atoms with van der Waals surface area (Å²) in [6.45, 7) is 0. The van der Waals surface area contributed by atoms with Crippen LogP contribution in [0.1, 0.15) is 0 Å². The summed E-state index contributed by atoms with van der Waals surface area (Å²) in [6, 6.07) is 3.15. The molecular formula is C10H13NO7S2. The first kappa shape index (κ1) is 16.7. The second kappa shape index (κ2) is 8.76. The van der Waals surface area contributed by atoms with Gasteiger partial charge in [-0.15, -0.1) is 4.33 Å². The van der Waals surface area contributed by atoms with Crippen molar-refractivity contribution in [3.63, 3.8) is 0 Å². The number of methoxy groups -OCH3 is 2. The summed E-state index contributed by atoms with van der Waals surface area (Å²) >= 11 is 1.37. The number of benzene rings is 1. The van der Waals surface area contributed by atoms with Gasteiger partial charge in [0.05, 0.1) is 24.8 Å². The fourth-order valence-electron chi connectivity index (χ4n) is 1.17. The van der Waals surface area contributed by atoms with Crippen molar-refractivity contribution in [3.05, 3.63) is 12.1 Å². The smallest absolute Gasteiger partial charge is 0.330 e. The highest BCUT2D eigenvalue weighted by Crippen LogP contribution is 2.37. The van der Waals surface area contributed by atoms with Crippen LogP contribution in [0.25, 0.3) is 0 Å². The summed E-state index contributed by atoms with van der Waals surface area (Å²) < 4.78 is 19.2. The Hall–Kier alpha value is -1.33. The number of hydrogen-bond donors (Lipinski definition) is 2. The maximum Gasteiger partial charge on any atom is 0.330 e. The quantitative estimate of drug-likeness (QED) is 0.242. The van der Waals surface area contributed by atoms with Crippen molar-refractivity contribution >= 4 is 35.7 Å². The van der Waals surface area contributed by atoms with Crippen LogP contribution >= 0.6 is 24.1 Å². The third-order valence-electron chi connectivity index (χ3n) is 2.00. The van der Waals surface area contributed by atoms with Crippen molar-refractivity contribution in [3.8, 4) is 11.5 Å².